The molecule has 8 nitrogen and oxygen atoms in total. The molecule has 0 spiro atoms. The summed E-state index contributed by atoms with van der Waals surface area (Å²) in [4.78, 5) is 24.6. The van der Waals surface area contributed by atoms with Gasteiger partial charge in [-0.05, 0) is 37.1 Å². The first-order valence-corrected chi connectivity index (χ1v) is 10.5. The zero-order valence-electron chi connectivity index (χ0n) is 17.3. The average molecular weight is 418 g/mol. The second-order valence-electron chi connectivity index (χ2n) is 7.74. The average Bonchev–Trinajstić information content (AvgIpc) is 2.76. The highest BCUT2D eigenvalue weighted by molar-refractivity contribution is 5.89. The third-order valence-corrected chi connectivity index (χ3v) is 5.47. The number of rotatable bonds is 7. The number of carbonyl (C=O) groups excluding carboxylic acids is 2. The quantitative estimate of drug-likeness (QED) is 0.509. The van der Waals surface area contributed by atoms with Crippen LogP contribution in [0.4, 0.5) is 10.5 Å². The monoisotopic (exact) mass is 417 g/mol. The Bertz CT molecular complexity index is 731. The Balaban J connectivity index is 1.48. The first-order chi connectivity index (χ1) is 14.6. The second-order valence-corrected chi connectivity index (χ2v) is 7.74. The Morgan fingerprint density at radius 2 is 1.83 bits per heavy atom. The third-order valence-electron chi connectivity index (χ3n) is 5.47. The fraction of sp³-hybridized carbons (Fsp3) is 0.545. The van der Waals surface area contributed by atoms with Crippen LogP contribution >= 0.6 is 0 Å². The molecule has 30 heavy (non-hydrogen) atoms. The fourth-order valence-corrected chi connectivity index (χ4v) is 3.85. The first kappa shape index (κ1) is 22.1. The molecule has 0 bridgehead atoms. The van der Waals surface area contributed by atoms with E-state index in [1.54, 1.807) is 43.5 Å². The molecular weight excluding hydrogens is 386 g/mol. The van der Waals surface area contributed by atoms with Gasteiger partial charge in [-0.1, -0.05) is 31.4 Å². The summed E-state index contributed by atoms with van der Waals surface area (Å²) in [7, 11) is 1.58. The Labute approximate surface area is 177 Å². The smallest absolute Gasteiger partial charge is 0.319 e. The van der Waals surface area contributed by atoms with Crippen molar-refractivity contribution in [2.45, 2.75) is 62.8 Å². The normalized spacial score (nSPS) is 24.1. The largest absolute Gasteiger partial charge is 0.497 e. The minimum atomic E-state index is -0.621. The van der Waals surface area contributed by atoms with Gasteiger partial charge in [0, 0.05) is 11.7 Å². The molecule has 1 fully saturated rings. The second kappa shape index (κ2) is 11.0. The number of benzene rings is 1. The number of anilines is 1. The molecule has 0 saturated heterocycles. The van der Waals surface area contributed by atoms with E-state index in [-0.39, 0.29) is 25.0 Å². The van der Waals surface area contributed by atoms with E-state index < -0.39 is 24.3 Å². The lowest BCUT2D eigenvalue weighted by molar-refractivity contribution is -0.126. The Morgan fingerprint density at radius 1 is 1.10 bits per heavy atom. The van der Waals surface area contributed by atoms with Crippen LogP contribution in [-0.4, -0.2) is 55.1 Å². The molecule has 3 amide bonds. The van der Waals surface area contributed by atoms with Gasteiger partial charge in [-0.3, -0.25) is 4.79 Å². The van der Waals surface area contributed by atoms with Crippen molar-refractivity contribution in [3.05, 3.63) is 36.4 Å². The molecule has 1 heterocycles. The van der Waals surface area contributed by atoms with Crippen molar-refractivity contribution in [2.75, 3.05) is 19.0 Å². The topological polar surface area (TPSA) is 109 Å². The molecule has 1 aromatic rings. The van der Waals surface area contributed by atoms with Crippen molar-refractivity contribution in [3.8, 4) is 5.75 Å². The zero-order chi connectivity index (χ0) is 21.3. The van der Waals surface area contributed by atoms with Crippen LogP contribution in [0.3, 0.4) is 0 Å². The van der Waals surface area contributed by atoms with Crippen LogP contribution in [0.15, 0.2) is 36.4 Å². The van der Waals surface area contributed by atoms with Gasteiger partial charge in [0.05, 0.1) is 32.3 Å². The van der Waals surface area contributed by atoms with Gasteiger partial charge in [0.1, 0.15) is 11.9 Å². The maximum atomic E-state index is 12.3. The van der Waals surface area contributed by atoms with E-state index in [9.17, 15) is 14.7 Å². The summed E-state index contributed by atoms with van der Waals surface area (Å²) in [5.41, 5.74) is 0.617. The van der Waals surface area contributed by atoms with Gasteiger partial charge in [0.2, 0.25) is 5.91 Å². The van der Waals surface area contributed by atoms with Crippen molar-refractivity contribution < 1.29 is 24.2 Å². The Hall–Kier alpha value is -2.58. The number of hydrogen-bond acceptors (Lipinski definition) is 5. The summed E-state index contributed by atoms with van der Waals surface area (Å²) in [6.45, 7) is -0.265. The summed E-state index contributed by atoms with van der Waals surface area (Å²) < 4.78 is 10.9. The first-order valence-electron chi connectivity index (χ1n) is 10.5. The van der Waals surface area contributed by atoms with Crippen LogP contribution in [0.25, 0.3) is 0 Å². The van der Waals surface area contributed by atoms with E-state index in [0.29, 0.717) is 11.4 Å². The van der Waals surface area contributed by atoms with E-state index in [4.69, 9.17) is 9.47 Å². The Kier molecular flexibility index (Phi) is 8.10. The highest BCUT2D eigenvalue weighted by Gasteiger charge is 2.29. The fourth-order valence-electron chi connectivity index (χ4n) is 3.85. The maximum absolute atomic E-state index is 12.3. The highest BCUT2D eigenvalue weighted by atomic mass is 16.5. The predicted octanol–water partition coefficient (Wildman–Crippen LogP) is 2.34. The van der Waals surface area contributed by atoms with Gasteiger partial charge in [-0.25, -0.2) is 4.79 Å². The van der Waals surface area contributed by atoms with Gasteiger partial charge >= 0.3 is 6.03 Å². The molecule has 1 aliphatic carbocycles. The third kappa shape index (κ3) is 6.47. The SMILES string of the molecule is COc1ccc(NC(=O)N[C@H]2C=C[C@@H](CC(=O)NC3CCCCC3)O[C@@H]2CO)cc1. The van der Waals surface area contributed by atoms with Gasteiger partial charge < -0.3 is 30.5 Å². The molecular formula is C22H31N3O5. The molecule has 1 saturated carbocycles. The van der Waals surface area contributed by atoms with Gasteiger partial charge in [0.25, 0.3) is 0 Å². The van der Waals surface area contributed by atoms with E-state index in [0.717, 1.165) is 25.7 Å². The summed E-state index contributed by atoms with van der Waals surface area (Å²) in [6.07, 6.45) is 8.31. The summed E-state index contributed by atoms with van der Waals surface area (Å²) in [6, 6.07) is 6.31. The molecule has 0 aromatic heterocycles. The predicted molar refractivity (Wildman–Crippen MR) is 113 cm³/mol. The highest BCUT2D eigenvalue weighted by Crippen LogP contribution is 2.20. The zero-order valence-corrected chi connectivity index (χ0v) is 17.3. The lowest BCUT2D eigenvalue weighted by atomic mass is 9.95. The Morgan fingerprint density at radius 3 is 2.50 bits per heavy atom. The van der Waals surface area contributed by atoms with E-state index in [1.807, 2.05) is 0 Å². The lowest BCUT2D eigenvalue weighted by Gasteiger charge is -2.32. The molecule has 2 aliphatic rings. The number of amides is 3. The molecule has 1 aliphatic heterocycles. The molecule has 3 rings (SSSR count). The number of urea groups is 1. The number of hydrogen-bond donors (Lipinski definition) is 4. The van der Waals surface area contributed by atoms with E-state index in [2.05, 4.69) is 16.0 Å². The van der Waals surface area contributed by atoms with Crippen LogP contribution in [0, 0.1) is 0 Å². The number of aliphatic hydroxyl groups is 1. The van der Waals surface area contributed by atoms with Crippen molar-refractivity contribution >= 4 is 17.6 Å². The summed E-state index contributed by atoms with van der Waals surface area (Å²) >= 11 is 0. The molecule has 164 valence electrons. The summed E-state index contributed by atoms with van der Waals surface area (Å²) in [5.74, 6) is 0.653. The van der Waals surface area contributed by atoms with Gasteiger partial charge in [-0.2, -0.15) is 0 Å². The number of nitrogens with one attached hydrogen (secondary N) is 3. The van der Waals surface area contributed by atoms with Crippen molar-refractivity contribution in [1.82, 2.24) is 10.6 Å². The number of aliphatic hydroxyl groups excluding tert-OH is 1. The number of methoxy groups -OCH3 is 1. The van der Waals surface area contributed by atoms with Gasteiger partial charge in [-0.15, -0.1) is 0 Å². The van der Waals surface area contributed by atoms with Crippen LogP contribution in [-0.2, 0) is 9.53 Å². The van der Waals surface area contributed by atoms with E-state index in [1.165, 1.54) is 6.42 Å². The van der Waals surface area contributed by atoms with Crippen LogP contribution in [0.1, 0.15) is 38.5 Å². The van der Waals surface area contributed by atoms with Crippen molar-refractivity contribution in [1.29, 1.82) is 0 Å². The van der Waals surface area contributed by atoms with Crippen LogP contribution in [0.2, 0.25) is 0 Å². The minimum absolute atomic E-state index is 0.0445. The number of carbonyl (C=O) groups is 2. The van der Waals surface area contributed by atoms with Crippen LogP contribution in [0.5, 0.6) is 5.75 Å². The standard InChI is InChI=1S/C22H31N3O5/c1-29-17-9-7-16(8-10-17)24-22(28)25-19-12-11-18(30-20(19)14-26)13-21(27)23-15-5-3-2-4-6-15/h7-12,15,18-20,26H,2-6,13-14H2,1H3,(H,23,27)(H2,24,25,28)/t18-,19-,20+/m0/s1. The summed E-state index contributed by atoms with van der Waals surface area (Å²) in [5, 5.41) is 18.3. The molecule has 3 atom stereocenters. The molecule has 0 radical (unpaired) electrons. The maximum Gasteiger partial charge on any atom is 0.319 e. The lowest BCUT2D eigenvalue weighted by Crippen LogP contribution is -2.50. The number of ether oxygens (including phenoxy) is 2. The van der Waals surface area contributed by atoms with Crippen LogP contribution < -0.4 is 20.7 Å². The van der Waals surface area contributed by atoms with Crippen molar-refractivity contribution in [2.24, 2.45) is 0 Å². The van der Waals surface area contributed by atoms with Gasteiger partial charge in [0.15, 0.2) is 0 Å². The molecule has 4 N–H and O–H groups in total. The molecule has 1 aromatic carbocycles. The minimum Gasteiger partial charge on any atom is -0.497 e. The molecule has 0 unspecified atom stereocenters. The van der Waals surface area contributed by atoms with E-state index >= 15 is 0 Å². The van der Waals surface area contributed by atoms with Crippen molar-refractivity contribution in [3.63, 3.8) is 0 Å². The molecule has 8 heteroatoms.